The largest absolute Gasteiger partial charge is 0.493 e. The standard InChI is InChI=1S/C19H29NO6S/c1-5-27(22,23)26-18-11-15(8-9-17(18)24-4)12-20(19(21)14(2)3)13-16-7-6-10-25-16/h8-9,11,14,16H,5-7,10,12-13H2,1-4H3/t16-/m1/s1. The van der Waals surface area contributed by atoms with Crippen molar-refractivity contribution in [2.45, 2.75) is 46.3 Å². The van der Waals surface area contributed by atoms with Crippen molar-refractivity contribution in [3.8, 4) is 11.5 Å². The lowest BCUT2D eigenvalue weighted by molar-refractivity contribution is -0.136. The summed E-state index contributed by atoms with van der Waals surface area (Å²) < 4.78 is 39.7. The molecule has 0 spiro atoms. The Labute approximate surface area is 161 Å². The zero-order valence-electron chi connectivity index (χ0n) is 16.4. The van der Waals surface area contributed by atoms with Crippen LogP contribution in [0.4, 0.5) is 0 Å². The number of amides is 1. The Bertz CT molecular complexity index is 741. The highest BCUT2D eigenvalue weighted by Crippen LogP contribution is 2.30. The van der Waals surface area contributed by atoms with Crippen LogP contribution in [0.2, 0.25) is 0 Å². The van der Waals surface area contributed by atoms with Crippen LogP contribution in [-0.4, -0.2) is 51.3 Å². The first-order chi connectivity index (χ1) is 12.8. The second-order valence-corrected chi connectivity index (χ2v) is 8.78. The molecule has 1 aliphatic heterocycles. The van der Waals surface area contributed by atoms with E-state index in [9.17, 15) is 13.2 Å². The SMILES string of the molecule is CCS(=O)(=O)Oc1cc(CN(C[C@H]2CCCO2)C(=O)C(C)C)ccc1OC. The van der Waals surface area contributed by atoms with Gasteiger partial charge in [0.25, 0.3) is 0 Å². The highest BCUT2D eigenvalue weighted by Gasteiger charge is 2.25. The van der Waals surface area contributed by atoms with Gasteiger partial charge in [-0.05, 0) is 37.5 Å². The molecule has 1 saturated heterocycles. The number of ether oxygens (including phenoxy) is 2. The molecule has 0 saturated carbocycles. The molecule has 0 aliphatic carbocycles. The number of hydrogen-bond acceptors (Lipinski definition) is 6. The summed E-state index contributed by atoms with van der Waals surface area (Å²) in [6, 6.07) is 5.07. The van der Waals surface area contributed by atoms with Gasteiger partial charge in [-0.2, -0.15) is 8.42 Å². The van der Waals surface area contributed by atoms with Crippen molar-refractivity contribution in [2.75, 3.05) is 26.0 Å². The van der Waals surface area contributed by atoms with Gasteiger partial charge < -0.3 is 18.6 Å². The molecule has 0 aromatic heterocycles. The summed E-state index contributed by atoms with van der Waals surface area (Å²) in [7, 11) is -2.23. The first-order valence-electron chi connectivity index (χ1n) is 9.25. The third kappa shape index (κ3) is 6.10. The smallest absolute Gasteiger partial charge is 0.309 e. The van der Waals surface area contributed by atoms with Gasteiger partial charge in [-0.25, -0.2) is 0 Å². The number of rotatable bonds is 9. The second-order valence-electron chi connectivity index (χ2n) is 6.92. The summed E-state index contributed by atoms with van der Waals surface area (Å²) in [5, 5.41) is 0. The van der Waals surface area contributed by atoms with Crippen molar-refractivity contribution >= 4 is 16.0 Å². The molecule has 27 heavy (non-hydrogen) atoms. The minimum absolute atomic E-state index is 0.0324. The minimum Gasteiger partial charge on any atom is -0.493 e. The zero-order chi connectivity index (χ0) is 20.0. The Balaban J connectivity index is 2.23. The molecule has 0 N–H and O–H groups in total. The Kier molecular flexibility index (Phi) is 7.49. The molecular formula is C19H29NO6S. The van der Waals surface area contributed by atoms with Crippen LogP contribution in [0.5, 0.6) is 11.5 Å². The number of nitrogens with zero attached hydrogens (tertiary/aromatic N) is 1. The molecule has 1 fully saturated rings. The molecule has 152 valence electrons. The van der Waals surface area contributed by atoms with Crippen molar-refractivity contribution in [2.24, 2.45) is 5.92 Å². The van der Waals surface area contributed by atoms with E-state index in [4.69, 9.17) is 13.7 Å². The van der Waals surface area contributed by atoms with Crippen molar-refractivity contribution in [3.63, 3.8) is 0 Å². The number of benzene rings is 1. The molecule has 0 bridgehead atoms. The summed E-state index contributed by atoms with van der Waals surface area (Å²) >= 11 is 0. The number of hydrogen-bond donors (Lipinski definition) is 0. The number of carbonyl (C=O) groups excluding carboxylic acids is 1. The Morgan fingerprint density at radius 3 is 2.63 bits per heavy atom. The van der Waals surface area contributed by atoms with Crippen LogP contribution in [0.1, 0.15) is 39.2 Å². The molecule has 0 unspecified atom stereocenters. The fraction of sp³-hybridized carbons (Fsp3) is 0.632. The van der Waals surface area contributed by atoms with Gasteiger partial charge >= 0.3 is 10.1 Å². The van der Waals surface area contributed by atoms with Crippen LogP contribution in [0.3, 0.4) is 0 Å². The lowest BCUT2D eigenvalue weighted by Crippen LogP contribution is -2.39. The fourth-order valence-electron chi connectivity index (χ4n) is 2.93. The Hall–Kier alpha value is -1.80. The minimum atomic E-state index is -3.68. The molecule has 1 atom stereocenters. The molecule has 2 rings (SSSR count). The van der Waals surface area contributed by atoms with Crippen LogP contribution >= 0.6 is 0 Å². The van der Waals surface area contributed by atoms with Gasteiger partial charge in [0.05, 0.1) is 19.0 Å². The van der Waals surface area contributed by atoms with Gasteiger partial charge in [-0.3, -0.25) is 4.79 Å². The molecular weight excluding hydrogens is 370 g/mol. The third-order valence-electron chi connectivity index (χ3n) is 4.43. The third-order valence-corrected chi connectivity index (χ3v) is 5.57. The fourth-order valence-corrected chi connectivity index (χ4v) is 3.45. The highest BCUT2D eigenvalue weighted by atomic mass is 32.2. The highest BCUT2D eigenvalue weighted by molar-refractivity contribution is 7.87. The van der Waals surface area contributed by atoms with E-state index in [-0.39, 0.29) is 29.4 Å². The van der Waals surface area contributed by atoms with E-state index < -0.39 is 10.1 Å². The number of carbonyl (C=O) groups is 1. The molecule has 1 aromatic carbocycles. The topological polar surface area (TPSA) is 82.1 Å². The molecule has 1 heterocycles. The van der Waals surface area contributed by atoms with E-state index >= 15 is 0 Å². The predicted molar refractivity (Wildman–Crippen MR) is 102 cm³/mol. The van der Waals surface area contributed by atoms with Gasteiger partial charge in [-0.15, -0.1) is 0 Å². The van der Waals surface area contributed by atoms with Gasteiger partial charge in [0.1, 0.15) is 0 Å². The van der Waals surface area contributed by atoms with E-state index in [1.165, 1.54) is 14.0 Å². The van der Waals surface area contributed by atoms with E-state index in [2.05, 4.69) is 0 Å². The predicted octanol–water partition coefficient (Wildman–Crippen LogP) is 2.59. The molecule has 1 amide bonds. The first kappa shape index (κ1) is 21.5. The van der Waals surface area contributed by atoms with Crippen molar-refractivity contribution in [1.82, 2.24) is 4.90 Å². The quantitative estimate of drug-likeness (QED) is 0.594. The lowest BCUT2D eigenvalue weighted by Gasteiger charge is -2.27. The van der Waals surface area contributed by atoms with E-state index in [1.54, 1.807) is 23.1 Å². The molecule has 8 heteroatoms. The van der Waals surface area contributed by atoms with Crippen molar-refractivity contribution in [1.29, 1.82) is 0 Å². The van der Waals surface area contributed by atoms with Crippen LogP contribution in [0.25, 0.3) is 0 Å². The van der Waals surface area contributed by atoms with Gasteiger partial charge in [-0.1, -0.05) is 19.9 Å². The average Bonchev–Trinajstić information content (AvgIpc) is 3.13. The van der Waals surface area contributed by atoms with Gasteiger partial charge in [0.2, 0.25) is 5.91 Å². The van der Waals surface area contributed by atoms with E-state index in [1.807, 2.05) is 13.8 Å². The maximum absolute atomic E-state index is 12.6. The van der Waals surface area contributed by atoms with Crippen molar-refractivity contribution in [3.05, 3.63) is 23.8 Å². The molecule has 1 aromatic rings. The van der Waals surface area contributed by atoms with Crippen LogP contribution in [0.15, 0.2) is 18.2 Å². The normalized spacial score (nSPS) is 17.1. The summed E-state index contributed by atoms with van der Waals surface area (Å²) in [5.41, 5.74) is 0.768. The van der Waals surface area contributed by atoms with E-state index in [0.29, 0.717) is 18.8 Å². The summed E-state index contributed by atoms with van der Waals surface area (Å²) in [5.74, 6) is 0.213. The summed E-state index contributed by atoms with van der Waals surface area (Å²) in [6.45, 7) is 6.83. The zero-order valence-corrected chi connectivity index (χ0v) is 17.3. The summed E-state index contributed by atoms with van der Waals surface area (Å²) in [4.78, 5) is 14.4. The Morgan fingerprint density at radius 1 is 1.33 bits per heavy atom. The van der Waals surface area contributed by atoms with Gasteiger partial charge in [0, 0.05) is 25.6 Å². The molecule has 1 aliphatic rings. The maximum Gasteiger partial charge on any atom is 0.309 e. The van der Waals surface area contributed by atoms with Crippen molar-refractivity contribution < 1.29 is 26.9 Å². The Morgan fingerprint density at radius 2 is 2.07 bits per heavy atom. The van der Waals surface area contributed by atoms with Crippen LogP contribution < -0.4 is 8.92 Å². The monoisotopic (exact) mass is 399 g/mol. The van der Waals surface area contributed by atoms with Crippen LogP contribution in [0, 0.1) is 5.92 Å². The van der Waals surface area contributed by atoms with E-state index in [0.717, 1.165) is 25.0 Å². The second kappa shape index (κ2) is 9.41. The summed E-state index contributed by atoms with van der Waals surface area (Å²) in [6.07, 6.45) is 1.99. The van der Waals surface area contributed by atoms with Crippen LogP contribution in [-0.2, 0) is 26.2 Å². The molecule has 0 radical (unpaired) electrons. The maximum atomic E-state index is 12.6. The first-order valence-corrected chi connectivity index (χ1v) is 10.8. The number of methoxy groups -OCH3 is 1. The van der Waals surface area contributed by atoms with Gasteiger partial charge in [0.15, 0.2) is 11.5 Å². The lowest BCUT2D eigenvalue weighted by atomic mass is 10.1. The molecule has 7 nitrogen and oxygen atoms in total. The average molecular weight is 400 g/mol.